The number of hydrogen-bond acceptors (Lipinski definition) is 3. The standard InChI is InChI=1S/C15H20N2OS/c1-2-17-10-12(9-16-17)15(18)14-8-11-6-4-3-5-7-13(11)19-14/h8-10,15,18H,2-7H2,1H3. The molecule has 19 heavy (non-hydrogen) atoms. The second kappa shape index (κ2) is 5.47. The van der Waals surface area contributed by atoms with Gasteiger partial charge in [0.05, 0.1) is 6.20 Å². The number of thiophene rings is 1. The Hall–Kier alpha value is -1.13. The van der Waals surface area contributed by atoms with Gasteiger partial charge in [-0.05, 0) is 44.2 Å². The van der Waals surface area contributed by atoms with Crippen LogP contribution in [-0.2, 0) is 19.4 Å². The number of rotatable bonds is 3. The molecule has 0 aliphatic heterocycles. The maximum absolute atomic E-state index is 10.5. The van der Waals surface area contributed by atoms with Gasteiger partial charge in [-0.2, -0.15) is 5.10 Å². The largest absolute Gasteiger partial charge is 0.383 e. The van der Waals surface area contributed by atoms with Crippen LogP contribution in [0.5, 0.6) is 0 Å². The zero-order chi connectivity index (χ0) is 13.2. The summed E-state index contributed by atoms with van der Waals surface area (Å²) in [6.07, 6.45) is 9.46. The molecule has 1 unspecified atom stereocenters. The van der Waals surface area contributed by atoms with E-state index in [-0.39, 0.29) is 0 Å². The fourth-order valence-corrected chi connectivity index (χ4v) is 3.96. The van der Waals surface area contributed by atoms with E-state index in [9.17, 15) is 5.11 Å². The molecule has 1 N–H and O–H groups in total. The van der Waals surface area contributed by atoms with Crippen LogP contribution in [0.4, 0.5) is 0 Å². The van der Waals surface area contributed by atoms with Gasteiger partial charge in [-0.25, -0.2) is 0 Å². The zero-order valence-corrected chi connectivity index (χ0v) is 12.1. The first-order chi connectivity index (χ1) is 9.28. The van der Waals surface area contributed by atoms with E-state index >= 15 is 0 Å². The topological polar surface area (TPSA) is 38.0 Å². The molecular formula is C15H20N2OS. The molecule has 2 aromatic rings. The first-order valence-electron chi connectivity index (χ1n) is 7.10. The SMILES string of the molecule is CCn1cc(C(O)c2cc3c(s2)CCCCC3)cn1. The van der Waals surface area contributed by atoms with Crippen LogP contribution in [0.15, 0.2) is 18.5 Å². The highest BCUT2D eigenvalue weighted by atomic mass is 32.1. The van der Waals surface area contributed by atoms with Crippen molar-refractivity contribution in [3.8, 4) is 0 Å². The third-order valence-electron chi connectivity index (χ3n) is 3.83. The Kier molecular flexibility index (Phi) is 3.71. The summed E-state index contributed by atoms with van der Waals surface area (Å²) in [6.45, 7) is 2.89. The van der Waals surface area contributed by atoms with Gasteiger partial charge >= 0.3 is 0 Å². The van der Waals surface area contributed by atoms with Crippen LogP contribution in [0.25, 0.3) is 0 Å². The first kappa shape index (κ1) is 12.9. The van der Waals surface area contributed by atoms with Crippen molar-refractivity contribution < 1.29 is 5.11 Å². The van der Waals surface area contributed by atoms with Gasteiger partial charge in [-0.15, -0.1) is 11.3 Å². The van der Waals surface area contributed by atoms with Gasteiger partial charge in [-0.1, -0.05) is 6.42 Å². The highest BCUT2D eigenvalue weighted by Crippen LogP contribution is 2.34. The predicted molar refractivity (Wildman–Crippen MR) is 77.5 cm³/mol. The molecule has 0 bridgehead atoms. The number of aliphatic hydroxyl groups excluding tert-OH is 1. The lowest BCUT2D eigenvalue weighted by Gasteiger charge is -2.05. The van der Waals surface area contributed by atoms with Crippen LogP contribution < -0.4 is 0 Å². The Balaban J connectivity index is 1.85. The van der Waals surface area contributed by atoms with E-state index in [2.05, 4.69) is 18.1 Å². The number of aliphatic hydroxyl groups is 1. The molecule has 4 heteroatoms. The number of nitrogens with zero attached hydrogens (tertiary/aromatic N) is 2. The predicted octanol–water partition coefficient (Wildman–Crippen LogP) is 3.32. The normalized spacial score (nSPS) is 16.9. The summed E-state index contributed by atoms with van der Waals surface area (Å²) in [7, 11) is 0. The van der Waals surface area contributed by atoms with Gasteiger partial charge in [0.2, 0.25) is 0 Å². The molecule has 2 heterocycles. The maximum atomic E-state index is 10.5. The fraction of sp³-hybridized carbons (Fsp3) is 0.533. The summed E-state index contributed by atoms with van der Waals surface area (Å²) in [6, 6.07) is 2.21. The number of hydrogen-bond donors (Lipinski definition) is 1. The molecule has 0 aromatic carbocycles. The molecule has 0 radical (unpaired) electrons. The minimum atomic E-state index is -0.516. The van der Waals surface area contributed by atoms with Crippen molar-refractivity contribution in [3.63, 3.8) is 0 Å². The average Bonchev–Trinajstić information content (AvgIpc) is 3.00. The Morgan fingerprint density at radius 2 is 2.21 bits per heavy atom. The lowest BCUT2D eigenvalue weighted by molar-refractivity contribution is 0.224. The van der Waals surface area contributed by atoms with E-state index in [1.54, 1.807) is 17.5 Å². The Morgan fingerprint density at radius 3 is 3.00 bits per heavy atom. The first-order valence-corrected chi connectivity index (χ1v) is 7.91. The molecule has 0 saturated heterocycles. The maximum Gasteiger partial charge on any atom is 0.116 e. The van der Waals surface area contributed by atoms with Crippen molar-refractivity contribution in [2.45, 2.75) is 51.7 Å². The third kappa shape index (κ3) is 2.60. The van der Waals surface area contributed by atoms with Crippen LogP contribution in [0.1, 0.15) is 53.2 Å². The summed E-state index contributed by atoms with van der Waals surface area (Å²) in [5, 5.41) is 14.7. The lowest BCUT2D eigenvalue weighted by atomic mass is 10.1. The quantitative estimate of drug-likeness (QED) is 0.873. The zero-order valence-electron chi connectivity index (χ0n) is 11.3. The number of fused-ring (bicyclic) bond motifs is 1. The lowest BCUT2D eigenvalue weighted by Crippen LogP contribution is -1.96. The van der Waals surface area contributed by atoms with Crippen molar-refractivity contribution in [1.29, 1.82) is 0 Å². The third-order valence-corrected chi connectivity index (χ3v) is 5.12. The monoisotopic (exact) mass is 276 g/mol. The van der Waals surface area contributed by atoms with Crippen molar-refractivity contribution in [3.05, 3.63) is 39.3 Å². The highest BCUT2D eigenvalue weighted by Gasteiger charge is 2.19. The molecule has 1 aliphatic carbocycles. The van der Waals surface area contributed by atoms with Crippen molar-refractivity contribution in [2.75, 3.05) is 0 Å². The summed E-state index contributed by atoms with van der Waals surface area (Å²) < 4.78 is 1.86. The van der Waals surface area contributed by atoms with Gasteiger partial charge in [0, 0.05) is 28.1 Å². The minimum Gasteiger partial charge on any atom is -0.383 e. The Morgan fingerprint density at radius 1 is 1.37 bits per heavy atom. The van der Waals surface area contributed by atoms with Crippen LogP contribution in [0.2, 0.25) is 0 Å². The van der Waals surface area contributed by atoms with Crippen LogP contribution in [0.3, 0.4) is 0 Å². The molecule has 3 rings (SSSR count). The molecule has 3 nitrogen and oxygen atoms in total. The molecule has 1 atom stereocenters. The van der Waals surface area contributed by atoms with Crippen molar-refractivity contribution in [2.24, 2.45) is 0 Å². The van der Waals surface area contributed by atoms with Crippen molar-refractivity contribution >= 4 is 11.3 Å². The van der Waals surface area contributed by atoms with E-state index < -0.39 is 6.10 Å². The molecule has 0 amide bonds. The van der Waals surface area contributed by atoms with E-state index in [4.69, 9.17) is 0 Å². The fourth-order valence-electron chi connectivity index (χ4n) is 2.68. The molecular weight excluding hydrogens is 256 g/mol. The summed E-state index contributed by atoms with van der Waals surface area (Å²) in [5.74, 6) is 0. The van der Waals surface area contributed by atoms with Gasteiger partial charge in [0.15, 0.2) is 0 Å². The Bertz CT molecular complexity index is 535. The van der Waals surface area contributed by atoms with E-state index in [0.717, 1.165) is 17.0 Å². The smallest absolute Gasteiger partial charge is 0.116 e. The molecule has 0 fully saturated rings. The highest BCUT2D eigenvalue weighted by molar-refractivity contribution is 7.12. The van der Waals surface area contributed by atoms with Gasteiger partial charge in [-0.3, -0.25) is 4.68 Å². The van der Waals surface area contributed by atoms with Crippen LogP contribution in [0, 0.1) is 0 Å². The second-order valence-corrected chi connectivity index (χ2v) is 6.36. The van der Waals surface area contributed by atoms with Crippen LogP contribution >= 0.6 is 11.3 Å². The summed E-state index contributed by atoms with van der Waals surface area (Å²) in [5.41, 5.74) is 2.36. The van der Waals surface area contributed by atoms with E-state index in [0.29, 0.717) is 0 Å². The van der Waals surface area contributed by atoms with Gasteiger partial charge in [0.1, 0.15) is 6.10 Å². The molecule has 0 saturated carbocycles. The molecule has 102 valence electrons. The number of aromatic nitrogens is 2. The average molecular weight is 276 g/mol. The molecule has 0 spiro atoms. The van der Waals surface area contributed by atoms with Gasteiger partial charge < -0.3 is 5.11 Å². The molecule has 2 aromatic heterocycles. The van der Waals surface area contributed by atoms with Crippen molar-refractivity contribution in [1.82, 2.24) is 9.78 Å². The van der Waals surface area contributed by atoms with Crippen LogP contribution in [-0.4, -0.2) is 14.9 Å². The van der Waals surface area contributed by atoms with E-state index in [1.165, 1.54) is 42.5 Å². The second-order valence-electron chi connectivity index (χ2n) is 5.19. The Labute approximate surface area is 117 Å². The summed E-state index contributed by atoms with van der Waals surface area (Å²) >= 11 is 1.78. The number of aryl methyl sites for hydroxylation is 3. The minimum absolute atomic E-state index is 0.516. The van der Waals surface area contributed by atoms with E-state index in [1.807, 2.05) is 10.9 Å². The van der Waals surface area contributed by atoms with Gasteiger partial charge in [0.25, 0.3) is 0 Å². The molecule has 1 aliphatic rings. The summed E-state index contributed by atoms with van der Waals surface area (Å²) in [4.78, 5) is 2.55.